The third-order valence-corrected chi connectivity index (χ3v) is 5.56. The summed E-state index contributed by atoms with van der Waals surface area (Å²) < 4.78 is 0. The first-order chi connectivity index (χ1) is 12.9. The molecule has 1 amide bonds. The van der Waals surface area contributed by atoms with E-state index in [0.717, 1.165) is 11.3 Å². The number of nitrogens with one attached hydrogen (secondary N) is 2. The van der Waals surface area contributed by atoms with Crippen LogP contribution in [0.5, 0.6) is 0 Å². The van der Waals surface area contributed by atoms with E-state index in [4.69, 9.17) is 0 Å². The predicted molar refractivity (Wildman–Crippen MR) is 110 cm³/mol. The quantitative estimate of drug-likeness (QED) is 0.435. The van der Waals surface area contributed by atoms with Crippen molar-refractivity contribution in [3.05, 3.63) is 55.6 Å². The molecule has 1 aromatic carbocycles. The van der Waals surface area contributed by atoms with Gasteiger partial charge in [0, 0.05) is 39.7 Å². The number of para-hydroxylation sites is 2. The van der Waals surface area contributed by atoms with Crippen LogP contribution in [0.3, 0.4) is 0 Å². The number of nitro groups is 1. The Morgan fingerprint density at radius 1 is 1.30 bits per heavy atom. The number of aryl methyl sites for hydroxylation is 2. The molecule has 3 rings (SSSR count). The number of carbonyl (C=O) groups excluding carboxylic acids is 1. The summed E-state index contributed by atoms with van der Waals surface area (Å²) in [5.41, 5.74) is 2.33. The van der Waals surface area contributed by atoms with Crippen molar-refractivity contribution < 1.29 is 9.72 Å². The fourth-order valence-electron chi connectivity index (χ4n) is 2.61. The van der Waals surface area contributed by atoms with Crippen LogP contribution in [0.1, 0.15) is 16.2 Å². The fraction of sp³-hybridized carbons (Fsp3) is 0.222. The second kappa shape index (κ2) is 8.28. The first-order valence-electron chi connectivity index (χ1n) is 8.24. The molecule has 0 saturated carbocycles. The fourth-order valence-corrected chi connectivity index (χ4v) is 4.27. The van der Waals surface area contributed by atoms with Gasteiger partial charge in [-0.1, -0.05) is 12.1 Å². The number of aromatic nitrogens is 1. The summed E-state index contributed by atoms with van der Waals surface area (Å²) >= 11 is 3.10. The molecule has 140 valence electrons. The van der Waals surface area contributed by atoms with E-state index >= 15 is 0 Å². The van der Waals surface area contributed by atoms with E-state index in [9.17, 15) is 14.9 Å². The predicted octanol–water partition coefficient (Wildman–Crippen LogP) is 4.84. The van der Waals surface area contributed by atoms with Crippen molar-refractivity contribution in [1.82, 2.24) is 4.98 Å². The highest BCUT2D eigenvalue weighted by Gasteiger charge is 2.13. The van der Waals surface area contributed by atoms with E-state index < -0.39 is 4.92 Å². The number of rotatable bonds is 7. The van der Waals surface area contributed by atoms with Gasteiger partial charge in [0.2, 0.25) is 5.91 Å². The van der Waals surface area contributed by atoms with Gasteiger partial charge in [0.15, 0.2) is 5.13 Å². The van der Waals surface area contributed by atoms with Gasteiger partial charge in [-0.2, -0.15) is 0 Å². The molecule has 0 atom stereocenters. The van der Waals surface area contributed by atoms with E-state index in [-0.39, 0.29) is 24.6 Å². The lowest BCUT2D eigenvalue weighted by molar-refractivity contribution is -0.384. The molecule has 0 aliphatic heterocycles. The highest BCUT2D eigenvalue weighted by Crippen LogP contribution is 2.32. The number of nitrogens with zero attached hydrogens (tertiary/aromatic N) is 2. The number of anilines is 2. The van der Waals surface area contributed by atoms with Crippen LogP contribution in [0.4, 0.5) is 16.5 Å². The molecule has 2 aromatic heterocycles. The summed E-state index contributed by atoms with van der Waals surface area (Å²) in [5.74, 6) is -0.194. The second-order valence-corrected chi connectivity index (χ2v) is 8.18. The largest absolute Gasteiger partial charge is 0.379 e. The van der Waals surface area contributed by atoms with E-state index in [2.05, 4.69) is 35.5 Å². The highest BCUT2D eigenvalue weighted by atomic mass is 32.1. The molecule has 2 heterocycles. The third kappa shape index (κ3) is 4.69. The van der Waals surface area contributed by atoms with Crippen LogP contribution in [0, 0.1) is 24.0 Å². The van der Waals surface area contributed by atoms with Crippen molar-refractivity contribution in [1.29, 1.82) is 0 Å². The summed E-state index contributed by atoms with van der Waals surface area (Å²) in [4.78, 5) is 29.6. The number of hydrogen-bond donors (Lipinski definition) is 2. The zero-order valence-electron chi connectivity index (χ0n) is 14.8. The molecule has 0 unspecified atom stereocenters. The number of carbonyl (C=O) groups is 1. The Morgan fingerprint density at radius 3 is 2.78 bits per heavy atom. The van der Waals surface area contributed by atoms with Crippen LogP contribution in [0.2, 0.25) is 0 Å². The standard InChI is InChI=1S/C18H18N4O3S2/c1-11-9-13(12(2)27-11)15-10-26-18(20-15)21-17(23)7-8-19-14-5-3-4-6-16(14)22(24)25/h3-6,9-10,19H,7-8H2,1-2H3,(H,20,21,23). The van der Waals surface area contributed by atoms with Gasteiger partial charge >= 0.3 is 0 Å². The Bertz CT molecular complexity index is 981. The number of thiophene rings is 1. The molecule has 3 aromatic rings. The van der Waals surface area contributed by atoms with E-state index in [0.29, 0.717) is 10.8 Å². The molecule has 0 spiro atoms. The van der Waals surface area contributed by atoms with Crippen molar-refractivity contribution in [3.63, 3.8) is 0 Å². The Balaban J connectivity index is 1.55. The summed E-state index contributed by atoms with van der Waals surface area (Å²) in [6.45, 7) is 4.40. The molecular weight excluding hydrogens is 384 g/mol. The van der Waals surface area contributed by atoms with Gasteiger partial charge in [-0.15, -0.1) is 22.7 Å². The Hall–Kier alpha value is -2.78. The normalized spacial score (nSPS) is 10.6. The lowest BCUT2D eigenvalue weighted by Gasteiger charge is -2.06. The van der Waals surface area contributed by atoms with Gasteiger partial charge in [-0.3, -0.25) is 14.9 Å². The SMILES string of the molecule is Cc1cc(-c2csc(NC(=O)CCNc3ccccc3[N+](=O)[O-])n2)c(C)s1. The maximum atomic E-state index is 12.1. The number of amides is 1. The molecule has 7 nitrogen and oxygen atoms in total. The van der Waals surface area contributed by atoms with Crippen LogP contribution in [-0.2, 0) is 4.79 Å². The number of nitro benzene ring substituents is 1. The smallest absolute Gasteiger partial charge is 0.292 e. The highest BCUT2D eigenvalue weighted by molar-refractivity contribution is 7.14. The van der Waals surface area contributed by atoms with E-state index in [1.807, 2.05) is 5.38 Å². The van der Waals surface area contributed by atoms with Gasteiger partial charge in [0.05, 0.1) is 10.6 Å². The summed E-state index contributed by atoms with van der Waals surface area (Å²) in [5, 5.41) is 19.2. The Labute approximate surface area is 164 Å². The van der Waals surface area contributed by atoms with Crippen LogP contribution in [0.25, 0.3) is 11.3 Å². The van der Waals surface area contributed by atoms with Gasteiger partial charge in [0.25, 0.3) is 5.69 Å². The minimum atomic E-state index is -0.451. The number of hydrogen-bond acceptors (Lipinski definition) is 7. The molecule has 0 fully saturated rings. The minimum absolute atomic E-state index is 0.0103. The average Bonchev–Trinajstić information content (AvgIpc) is 3.20. The molecule has 9 heteroatoms. The average molecular weight is 403 g/mol. The van der Waals surface area contributed by atoms with Crippen LogP contribution < -0.4 is 10.6 Å². The monoisotopic (exact) mass is 402 g/mol. The lowest BCUT2D eigenvalue weighted by Crippen LogP contribution is -2.16. The second-order valence-electron chi connectivity index (χ2n) is 5.86. The van der Waals surface area contributed by atoms with Crippen molar-refractivity contribution in [2.24, 2.45) is 0 Å². The van der Waals surface area contributed by atoms with E-state index in [1.54, 1.807) is 29.5 Å². The van der Waals surface area contributed by atoms with E-state index in [1.165, 1.54) is 27.2 Å². The van der Waals surface area contributed by atoms with Crippen LogP contribution >= 0.6 is 22.7 Å². The number of thiazole rings is 1. The number of benzene rings is 1. The van der Waals surface area contributed by atoms with Crippen molar-refractivity contribution in [2.45, 2.75) is 20.3 Å². The molecule has 0 saturated heterocycles. The summed E-state index contributed by atoms with van der Waals surface area (Å²) in [6, 6.07) is 8.45. The van der Waals surface area contributed by atoms with Gasteiger partial charge in [-0.05, 0) is 26.0 Å². The lowest BCUT2D eigenvalue weighted by atomic mass is 10.2. The molecule has 0 radical (unpaired) electrons. The molecule has 27 heavy (non-hydrogen) atoms. The summed E-state index contributed by atoms with van der Waals surface area (Å²) in [6.07, 6.45) is 0.178. The maximum absolute atomic E-state index is 12.1. The Morgan fingerprint density at radius 2 is 2.07 bits per heavy atom. The zero-order valence-corrected chi connectivity index (χ0v) is 16.4. The van der Waals surface area contributed by atoms with Crippen molar-refractivity contribution in [2.75, 3.05) is 17.2 Å². The molecular formula is C18H18N4O3S2. The van der Waals surface area contributed by atoms with Crippen LogP contribution in [0.15, 0.2) is 35.7 Å². The Kier molecular flexibility index (Phi) is 5.82. The summed E-state index contributed by atoms with van der Waals surface area (Å²) in [7, 11) is 0. The first-order valence-corrected chi connectivity index (χ1v) is 9.93. The van der Waals surface area contributed by atoms with Crippen LogP contribution in [-0.4, -0.2) is 22.4 Å². The molecule has 0 aliphatic carbocycles. The topological polar surface area (TPSA) is 97.2 Å². The van der Waals surface area contributed by atoms with Gasteiger partial charge < -0.3 is 10.6 Å². The van der Waals surface area contributed by atoms with Crippen molar-refractivity contribution >= 4 is 45.1 Å². The third-order valence-electron chi connectivity index (χ3n) is 3.84. The van der Waals surface area contributed by atoms with Gasteiger partial charge in [0.1, 0.15) is 5.69 Å². The van der Waals surface area contributed by atoms with Crippen molar-refractivity contribution in [3.8, 4) is 11.3 Å². The molecule has 2 N–H and O–H groups in total. The minimum Gasteiger partial charge on any atom is -0.379 e. The molecule has 0 bridgehead atoms. The first kappa shape index (κ1) is 19.0. The maximum Gasteiger partial charge on any atom is 0.292 e. The molecule has 0 aliphatic rings. The van der Waals surface area contributed by atoms with Gasteiger partial charge in [-0.25, -0.2) is 4.98 Å². The zero-order chi connectivity index (χ0) is 19.4.